The van der Waals surface area contributed by atoms with Crippen LogP contribution < -0.4 is 22.1 Å². The fourth-order valence-electron chi connectivity index (χ4n) is 3.28. The molecule has 11 heteroatoms. The minimum Gasteiger partial charge on any atom is -0.478 e. The summed E-state index contributed by atoms with van der Waals surface area (Å²) < 4.78 is 0.595. The molecule has 1 aromatic carbocycles. The monoisotopic (exact) mass is 432 g/mol. The number of guanidine groups is 1. The van der Waals surface area contributed by atoms with E-state index in [-0.39, 0.29) is 34.3 Å². The van der Waals surface area contributed by atoms with Gasteiger partial charge in [0, 0.05) is 6.54 Å². The lowest BCUT2D eigenvalue weighted by Crippen LogP contribution is -2.41. The van der Waals surface area contributed by atoms with Crippen molar-refractivity contribution in [2.75, 3.05) is 13.1 Å². The van der Waals surface area contributed by atoms with Crippen LogP contribution >= 0.6 is 11.3 Å². The smallest absolute Gasteiger partial charge is 0.335 e. The van der Waals surface area contributed by atoms with Crippen molar-refractivity contribution in [3.05, 3.63) is 28.8 Å². The first-order valence-electron chi connectivity index (χ1n) is 9.63. The summed E-state index contributed by atoms with van der Waals surface area (Å²) in [5.41, 5.74) is 11.6. The zero-order valence-corrected chi connectivity index (χ0v) is 17.1. The average Bonchev–Trinajstić information content (AvgIpc) is 3.38. The third kappa shape index (κ3) is 5.30. The van der Waals surface area contributed by atoms with Gasteiger partial charge in [0.15, 0.2) is 11.0 Å². The predicted octanol–water partition coefficient (Wildman–Crippen LogP) is 0.468. The van der Waals surface area contributed by atoms with Gasteiger partial charge in [-0.05, 0) is 50.4 Å². The van der Waals surface area contributed by atoms with E-state index in [0.717, 1.165) is 30.7 Å². The molecule has 1 aliphatic rings. The Morgan fingerprint density at radius 2 is 2.17 bits per heavy atom. The van der Waals surface area contributed by atoms with Gasteiger partial charge in [0.1, 0.15) is 6.04 Å². The summed E-state index contributed by atoms with van der Waals surface area (Å²) in [7, 11) is 0. The molecular weight excluding hydrogens is 408 g/mol. The third-order valence-electron chi connectivity index (χ3n) is 4.78. The van der Waals surface area contributed by atoms with Crippen LogP contribution in [0, 0.1) is 0 Å². The van der Waals surface area contributed by atoms with Crippen LogP contribution in [-0.4, -0.2) is 58.9 Å². The van der Waals surface area contributed by atoms with Crippen LogP contribution in [-0.2, 0) is 4.79 Å². The molecule has 1 fully saturated rings. The highest BCUT2D eigenvalue weighted by molar-refractivity contribution is 7.20. The highest BCUT2D eigenvalue weighted by Gasteiger charge is 2.24. The lowest BCUT2D eigenvalue weighted by molar-refractivity contribution is -0.122. The number of rotatable bonds is 9. The standard InChI is InChI=1S/C19H24N6O4S/c20-19(21)25-12(3-1-8-23-16(27)13-4-2-7-22-13)15(26)17-24-11-6-5-10(18(28)29)9-14(11)30-17/h5-6,9,12-13,22H,1-4,7-8H2,(H,23,27)(H,28,29)(H4,20,21,25)/t12?,13-/m0/s1. The van der Waals surface area contributed by atoms with E-state index in [2.05, 4.69) is 20.6 Å². The fraction of sp³-hybridized carbons (Fsp3) is 0.421. The number of thiazole rings is 1. The highest BCUT2D eigenvalue weighted by Crippen LogP contribution is 2.25. The van der Waals surface area contributed by atoms with E-state index < -0.39 is 12.0 Å². The molecule has 0 saturated carbocycles. The number of fused-ring (bicyclic) bond motifs is 1. The normalized spacial score (nSPS) is 16.9. The maximum atomic E-state index is 12.9. The number of carbonyl (C=O) groups excluding carboxylic acids is 2. The number of carboxylic acid groups (broad SMARTS) is 1. The number of nitrogens with one attached hydrogen (secondary N) is 2. The van der Waals surface area contributed by atoms with Gasteiger partial charge in [0.05, 0.1) is 21.8 Å². The van der Waals surface area contributed by atoms with Crippen molar-refractivity contribution in [3.8, 4) is 0 Å². The van der Waals surface area contributed by atoms with E-state index in [9.17, 15) is 14.4 Å². The van der Waals surface area contributed by atoms with Crippen molar-refractivity contribution in [1.82, 2.24) is 15.6 Å². The Balaban J connectivity index is 1.64. The summed E-state index contributed by atoms with van der Waals surface area (Å²) in [5, 5.41) is 15.3. The Morgan fingerprint density at radius 3 is 2.83 bits per heavy atom. The largest absolute Gasteiger partial charge is 0.478 e. The Kier molecular flexibility index (Phi) is 6.95. The molecule has 30 heavy (non-hydrogen) atoms. The summed E-state index contributed by atoms with van der Waals surface area (Å²) in [6.07, 6.45) is 2.66. The first-order chi connectivity index (χ1) is 14.3. The Bertz CT molecular complexity index is 979. The summed E-state index contributed by atoms with van der Waals surface area (Å²) in [6.45, 7) is 1.25. The topological polar surface area (TPSA) is 173 Å². The number of hydrogen-bond acceptors (Lipinski definition) is 7. The van der Waals surface area contributed by atoms with Gasteiger partial charge in [-0.2, -0.15) is 0 Å². The van der Waals surface area contributed by atoms with E-state index in [1.807, 2.05) is 0 Å². The number of benzene rings is 1. The maximum absolute atomic E-state index is 12.9. The van der Waals surface area contributed by atoms with Gasteiger partial charge in [-0.1, -0.05) is 0 Å². The van der Waals surface area contributed by atoms with Gasteiger partial charge >= 0.3 is 5.97 Å². The SMILES string of the molecule is NC(N)=NC(CCCNC(=O)[C@@H]1CCCN1)C(=O)c1nc2ccc(C(=O)O)cc2s1. The molecule has 0 spiro atoms. The molecule has 0 aliphatic carbocycles. The predicted molar refractivity (Wildman–Crippen MR) is 114 cm³/mol. The molecule has 1 unspecified atom stereocenters. The average molecular weight is 433 g/mol. The van der Waals surface area contributed by atoms with Gasteiger partial charge in [-0.3, -0.25) is 9.59 Å². The second-order valence-corrected chi connectivity index (χ2v) is 8.05. The zero-order valence-electron chi connectivity index (χ0n) is 16.3. The number of nitrogens with two attached hydrogens (primary N) is 2. The van der Waals surface area contributed by atoms with Gasteiger partial charge < -0.3 is 27.2 Å². The minimum atomic E-state index is -1.05. The lowest BCUT2D eigenvalue weighted by Gasteiger charge is -2.13. The number of amides is 1. The first kappa shape index (κ1) is 21.7. The molecule has 2 atom stereocenters. The van der Waals surface area contributed by atoms with Crippen molar-refractivity contribution in [2.45, 2.75) is 37.8 Å². The molecule has 3 rings (SSSR count). The molecule has 1 aromatic heterocycles. The lowest BCUT2D eigenvalue weighted by atomic mass is 10.1. The molecule has 1 aliphatic heterocycles. The van der Waals surface area contributed by atoms with Gasteiger partial charge in [0.2, 0.25) is 11.7 Å². The fourth-order valence-corrected chi connectivity index (χ4v) is 4.27. The Labute approximate surface area is 176 Å². The molecule has 0 bridgehead atoms. The molecule has 1 saturated heterocycles. The van der Waals surface area contributed by atoms with Crippen molar-refractivity contribution < 1.29 is 19.5 Å². The quantitative estimate of drug-likeness (QED) is 0.164. The highest BCUT2D eigenvalue weighted by atomic mass is 32.1. The van der Waals surface area contributed by atoms with E-state index in [4.69, 9.17) is 16.6 Å². The number of aromatic carboxylic acids is 1. The van der Waals surface area contributed by atoms with Crippen LogP contribution in [0.1, 0.15) is 45.8 Å². The van der Waals surface area contributed by atoms with Crippen LogP contribution in [0.3, 0.4) is 0 Å². The van der Waals surface area contributed by atoms with Crippen molar-refractivity contribution >= 4 is 45.2 Å². The molecule has 1 amide bonds. The van der Waals surface area contributed by atoms with Crippen molar-refractivity contribution in [1.29, 1.82) is 0 Å². The molecule has 2 aromatic rings. The van der Waals surface area contributed by atoms with Crippen LogP contribution in [0.4, 0.5) is 0 Å². The summed E-state index contributed by atoms with van der Waals surface area (Å²) in [5.74, 6) is -1.64. The summed E-state index contributed by atoms with van der Waals surface area (Å²) >= 11 is 1.10. The van der Waals surface area contributed by atoms with Gasteiger partial charge in [-0.15, -0.1) is 11.3 Å². The van der Waals surface area contributed by atoms with E-state index in [1.54, 1.807) is 6.07 Å². The Hall–Kier alpha value is -3.05. The second kappa shape index (κ2) is 9.63. The number of ketones is 1. The minimum absolute atomic E-state index is 0.0439. The molecule has 2 heterocycles. The number of nitrogens with zero attached hydrogens (tertiary/aromatic N) is 2. The van der Waals surface area contributed by atoms with E-state index >= 15 is 0 Å². The van der Waals surface area contributed by atoms with Crippen LogP contribution in [0.5, 0.6) is 0 Å². The van der Waals surface area contributed by atoms with Crippen molar-refractivity contribution in [3.63, 3.8) is 0 Å². The van der Waals surface area contributed by atoms with Gasteiger partial charge in [-0.25, -0.2) is 14.8 Å². The summed E-state index contributed by atoms with van der Waals surface area (Å²) in [4.78, 5) is 44.4. The second-order valence-electron chi connectivity index (χ2n) is 7.02. The zero-order chi connectivity index (χ0) is 21.7. The molecular formula is C19H24N6O4S. The number of aromatic nitrogens is 1. The van der Waals surface area contributed by atoms with Crippen LogP contribution in [0.15, 0.2) is 23.2 Å². The van der Waals surface area contributed by atoms with E-state index in [0.29, 0.717) is 29.6 Å². The Morgan fingerprint density at radius 1 is 1.37 bits per heavy atom. The summed E-state index contributed by atoms with van der Waals surface area (Å²) in [6, 6.07) is 3.51. The number of carboxylic acids is 1. The number of aliphatic imine (C=N–C) groups is 1. The molecule has 0 radical (unpaired) electrons. The third-order valence-corrected chi connectivity index (χ3v) is 5.82. The van der Waals surface area contributed by atoms with Gasteiger partial charge in [0.25, 0.3) is 0 Å². The van der Waals surface area contributed by atoms with Crippen LogP contribution in [0.25, 0.3) is 10.2 Å². The number of hydrogen-bond donors (Lipinski definition) is 5. The first-order valence-corrected chi connectivity index (χ1v) is 10.4. The number of carbonyl (C=O) groups is 3. The van der Waals surface area contributed by atoms with Crippen LogP contribution in [0.2, 0.25) is 0 Å². The van der Waals surface area contributed by atoms with Crippen molar-refractivity contribution in [2.24, 2.45) is 16.5 Å². The maximum Gasteiger partial charge on any atom is 0.335 e. The molecule has 10 nitrogen and oxygen atoms in total. The molecule has 7 N–H and O–H groups in total. The van der Waals surface area contributed by atoms with E-state index in [1.165, 1.54) is 12.1 Å². The number of Topliss-reactive ketones (excluding diaryl/α,β-unsaturated/α-hetero) is 1. The molecule has 160 valence electrons.